The SMILES string of the molecule is Cc1cc(NCc2ccc(Br)cc2F)ccc1[N+](=O)[O-]. The molecule has 4 nitrogen and oxygen atoms in total. The molecule has 0 amide bonds. The predicted octanol–water partition coefficient (Wildman–Crippen LogP) is 4.42. The Morgan fingerprint density at radius 2 is 2.05 bits per heavy atom. The predicted molar refractivity (Wildman–Crippen MR) is 79.3 cm³/mol. The van der Waals surface area contributed by atoms with Crippen LogP contribution in [0.4, 0.5) is 15.8 Å². The second-order valence-electron chi connectivity index (χ2n) is 4.35. The van der Waals surface area contributed by atoms with E-state index in [1.54, 1.807) is 31.2 Å². The van der Waals surface area contributed by atoms with Gasteiger partial charge in [-0.05, 0) is 31.2 Å². The summed E-state index contributed by atoms with van der Waals surface area (Å²) in [4.78, 5) is 10.3. The fourth-order valence-corrected chi connectivity index (χ4v) is 2.17. The number of hydrogen-bond donors (Lipinski definition) is 1. The van der Waals surface area contributed by atoms with Crippen LogP contribution in [-0.2, 0) is 6.54 Å². The summed E-state index contributed by atoms with van der Waals surface area (Å²) in [5.74, 6) is -0.300. The number of rotatable bonds is 4. The van der Waals surface area contributed by atoms with E-state index in [1.807, 2.05) is 0 Å². The van der Waals surface area contributed by atoms with Crippen molar-refractivity contribution in [1.82, 2.24) is 0 Å². The second-order valence-corrected chi connectivity index (χ2v) is 5.26. The van der Waals surface area contributed by atoms with E-state index in [4.69, 9.17) is 0 Å². The molecule has 1 N–H and O–H groups in total. The topological polar surface area (TPSA) is 55.2 Å². The Hall–Kier alpha value is -1.95. The van der Waals surface area contributed by atoms with E-state index in [2.05, 4.69) is 21.2 Å². The lowest BCUT2D eigenvalue weighted by atomic mass is 10.1. The zero-order valence-corrected chi connectivity index (χ0v) is 12.3. The van der Waals surface area contributed by atoms with Crippen LogP contribution in [0.25, 0.3) is 0 Å². The largest absolute Gasteiger partial charge is 0.381 e. The molecule has 2 aromatic carbocycles. The van der Waals surface area contributed by atoms with Gasteiger partial charge in [-0.2, -0.15) is 0 Å². The molecule has 0 aromatic heterocycles. The van der Waals surface area contributed by atoms with Crippen molar-refractivity contribution in [2.45, 2.75) is 13.5 Å². The number of nitrogens with zero attached hydrogens (tertiary/aromatic N) is 1. The van der Waals surface area contributed by atoms with E-state index in [0.717, 1.165) is 5.69 Å². The Morgan fingerprint density at radius 1 is 1.30 bits per heavy atom. The molecule has 0 fully saturated rings. The number of aryl methyl sites for hydroxylation is 1. The second kappa shape index (κ2) is 6.00. The minimum Gasteiger partial charge on any atom is -0.381 e. The summed E-state index contributed by atoms with van der Waals surface area (Å²) >= 11 is 3.20. The molecule has 2 aromatic rings. The third-order valence-electron chi connectivity index (χ3n) is 2.89. The van der Waals surface area contributed by atoms with Gasteiger partial charge in [0.15, 0.2) is 0 Å². The molecule has 104 valence electrons. The highest BCUT2D eigenvalue weighted by Gasteiger charge is 2.10. The molecule has 2 rings (SSSR count). The Labute approximate surface area is 123 Å². The van der Waals surface area contributed by atoms with Crippen LogP contribution in [0.1, 0.15) is 11.1 Å². The fraction of sp³-hybridized carbons (Fsp3) is 0.143. The van der Waals surface area contributed by atoms with Crippen molar-refractivity contribution in [3.63, 3.8) is 0 Å². The van der Waals surface area contributed by atoms with Gasteiger partial charge in [0, 0.05) is 33.9 Å². The van der Waals surface area contributed by atoms with E-state index in [0.29, 0.717) is 22.1 Å². The van der Waals surface area contributed by atoms with Crippen LogP contribution in [0, 0.1) is 22.9 Å². The Balaban J connectivity index is 2.11. The normalized spacial score (nSPS) is 10.3. The summed E-state index contributed by atoms with van der Waals surface area (Å²) in [5, 5.41) is 13.8. The first-order valence-electron chi connectivity index (χ1n) is 5.90. The zero-order chi connectivity index (χ0) is 14.7. The fourth-order valence-electron chi connectivity index (χ4n) is 1.83. The summed E-state index contributed by atoms with van der Waals surface area (Å²) in [6, 6.07) is 9.58. The van der Waals surface area contributed by atoms with E-state index in [9.17, 15) is 14.5 Å². The Bertz CT molecular complexity index is 662. The average molecular weight is 339 g/mol. The average Bonchev–Trinajstić information content (AvgIpc) is 2.37. The number of hydrogen-bond acceptors (Lipinski definition) is 3. The van der Waals surface area contributed by atoms with Crippen LogP contribution in [0.2, 0.25) is 0 Å². The van der Waals surface area contributed by atoms with E-state index in [1.165, 1.54) is 12.1 Å². The minimum absolute atomic E-state index is 0.0744. The van der Waals surface area contributed by atoms with Gasteiger partial charge < -0.3 is 5.32 Å². The molecule has 0 bridgehead atoms. The first kappa shape index (κ1) is 14.5. The smallest absolute Gasteiger partial charge is 0.272 e. The third-order valence-corrected chi connectivity index (χ3v) is 3.38. The molecule has 0 spiro atoms. The molecule has 0 aliphatic heterocycles. The van der Waals surface area contributed by atoms with Gasteiger partial charge in [0.25, 0.3) is 5.69 Å². The lowest BCUT2D eigenvalue weighted by Gasteiger charge is -2.08. The summed E-state index contributed by atoms with van der Waals surface area (Å²) < 4.78 is 14.3. The number of nitro groups is 1. The van der Waals surface area contributed by atoms with Gasteiger partial charge in [0.1, 0.15) is 5.82 Å². The number of nitrogens with one attached hydrogen (secondary N) is 1. The van der Waals surface area contributed by atoms with Gasteiger partial charge in [0.05, 0.1) is 4.92 Å². The molecule has 0 atom stereocenters. The van der Waals surface area contributed by atoms with Crippen molar-refractivity contribution >= 4 is 27.3 Å². The van der Waals surface area contributed by atoms with E-state index in [-0.39, 0.29) is 11.5 Å². The molecule has 0 aliphatic carbocycles. The van der Waals surface area contributed by atoms with Gasteiger partial charge in [-0.3, -0.25) is 10.1 Å². The summed E-state index contributed by atoms with van der Waals surface area (Å²) in [6.07, 6.45) is 0. The monoisotopic (exact) mass is 338 g/mol. The maximum absolute atomic E-state index is 13.6. The lowest BCUT2D eigenvalue weighted by Crippen LogP contribution is -2.02. The van der Waals surface area contributed by atoms with Gasteiger partial charge in [0.2, 0.25) is 0 Å². The van der Waals surface area contributed by atoms with Crippen LogP contribution >= 0.6 is 15.9 Å². The van der Waals surface area contributed by atoms with Crippen molar-refractivity contribution in [2.75, 3.05) is 5.32 Å². The standard InChI is InChI=1S/C14H12BrFN2O2/c1-9-6-12(4-5-14(9)18(19)20)17-8-10-2-3-11(15)7-13(10)16/h2-7,17H,8H2,1H3. The quantitative estimate of drug-likeness (QED) is 0.663. The van der Waals surface area contributed by atoms with Crippen molar-refractivity contribution in [2.24, 2.45) is 0 Å². The lowest BCUT2D eigenvalue weighted by molar-refractivity contribution is -0.385. The number of nitro benzene ring substituents is 1. The molecule has 20 heavy (non-hydrogen) atoms. The Morgan fingerprint density at radius 3 is 2.65 bits per heavy atom. The maximum Gasteiger partial charge on any atom is 0.272 e. The molecule has 0 heterocycles. The molecule has 0 saturated carbocycles. The van der Waals surface area contributed by atoms with Crippen LogP contribution in [0.15, 0.2) is 40.9 Å². The van der Waals surface area contributed by atoms with Crippen LogP contribution in [0.5, 0.6) is 0 Å². The van der Waals surface area contributed by atoms with Gasteiger partial charge in [-0.25, -0.2) is 4.39 Å². The summed E-state index contributed by atoms with van der Waals surface area (Å²) in [7, 11) is 0. The third kappa shape index (κ3) is 3.33. The molecule has 0 aliphatic rings. The minimum atomic E-state index is -0.423. The molecule has 6 heteroatoms. The zero-order valence-electron chi connectivity index (χ0n) is 10.7. The van der Waals surface area contributed by atoms with Gasteiger partial charge >= 0.3 is 0 Å². The van der Waals surface area contributed by atoms with Crippen LogP contribution < -0.4 is 5.32 Å². The van der Waals surface area contributed by atoms with Gasteiger partial charge in [-0.1, -0.05) is 22.0 Å². The highest BCUT2D eigenvalue weighted by Crippen LogP contribution is 2.22. The van der Waals surface area contributed by atoms with Crippen LogP contribution in [-0.4, -0.2) is 4.92 Å². The van der Waals surface area contributed by atoms with Crippen molar-refractivity contribution in [3.8, 4) is 0 Å². The first-order chi connectivity index (χ1) is 9.47. The number of benzene rings is 2. The molecular formula is C14H12BrFN2O2. The molecule has 0 unspecified atom stereocenters. The van der Waals surface area contributed by atoms with Crippen molar-refractivity contribution < 1.29 is 9.31 Å². The number of halogens is 2. The van der Waals surface area contributed by atoms with Crippen molar-refractivity contribution in [3.05, 3.63) is 67.9 Å². The summed E-state index contributed by atoms with van der Waals surface area (Å²) in [6.45, 7) is 1.99. The van der Waals surface area contributed by atoms with Crippen LogP contribution in [0.3, 0.4) is 0 Å². The molecule has 0 radical (unpaired) electrons. The number of anilines is 1. The summed E-state index contributed by atoms with van der Waals surface area (Å²) in [5.41, 5.74) is 1.89. The highest BCUT2D eigenvalue weighted by molar-refractivity contribution is 9.10. The first-order valence-corrected chi connectivity index (χ1v) is 6.69. The maximum atomic E-state index is 13.6. The molecule has 0 saturated heterocycles. The Kier molecular flexibility index (Phi) is 4.34. The van der Waals surface area contributed by atoms with E-state index < -0.39 is 4.92 Å². The van der Waals surface area contributed by atoms with E-state index >= 15 is 0 Å². The highest BCUT2D eigenvalue weighted by atomic mass is 79.9. The molecular weight excluding hydrogens is 327 g/mol. The van der Waals surface area contributed by atoms with Gasteiger partial charge in [-0.15, -0.1) is 0 Å². The van der Waals surface area contributed by atoms with Crippen molar-refractivity contribution in [1.29, 1.82) is 0 Å².